The van der Waals surface area contributed by atoms with E-state index in [1.165, 1.54) is 18.0 Å². The van der Waals surface area contributed by atoms with Gasteiger partial charge in [0.25, 0.3) is 0 Å². The molecule has 3 heterocycles. The van der Waals surface area contributed by atoms with E-state index in [4.69, 9.17) is 14.5 Å². The van der Waals surface area contributed by atoms with Crippen molar-refractivity contribution < 1.29 is 9.47 Å². The number of hydrogen-bond acceptors (Lipinski definition) is 6. The second-order valence-electron chi connectivity index (χ2n) is 6.93. The topological polar surface area (TPSA) is 71.0 Å². The van der Waals surface area contributed by atoms with Crippen LogP contribution in [-0.4, -0.2) is 69.6 Å². The van der Waals surface area contributed by atoms with E-state index in [9.17, 15) is 0 Å². The average Bonchev–Trinajstić information content (AvgIpc) is 3.41. The lowest BCUT2D eigenvalue weighted by molar-refractivity contribution is 0.0347. The number of thiazole rings is 1. The van der Waals surface area contributed by atoms with Gasteiger partial charge in [0.2, 0.25) is 0 Å². The highest BCUT2D eigenvalue weighted by molar-refractivity contribution is 7.13. The Kier molecular flexibility index (Phi) is 7.52. The summed E-state index contributed by atoms with van der Waals surface area (Å²) in [4.78, 5) is 11.4. The molecule has 2 fully saturated rings. The molecule has 0 spiro atoms. The van der Waals surface area contributed by atoms with Gasteiger partial charge in [0.15, 0.2) is 11.1 Å². The van der Waals surface area contributed by atoms with E-state index in [1.54, 1.807) is 18.4 Å². The normalized spacial score (nSPS) is 22.0. The Balaban J connectivity index is 1.34. The van der Waals surface area contributed by atoms with Gasteiger partial charge in [-0.15, -0.1) is 11.3 Å². The predicted molar refractivity (Wildman–Crippen MR) is 106 cm³/mol. The number of aromatic nitrogens is 1. The lowest BCUT2D eigenvalue weighted by atomic mass is 10.3. The molecule has 8 heteroatoms. The zero-order valence-corrected chi connectivity index (χ0v) is 16.7. The van der Waals surface area contributed by atoms with Gasteiger partial charge in [-0.25, -0.2) is 4.98 Å². The van der Waals surface area contributed by atoms with E-state index in [2.05, 4.69) is 32.8 Å². The maximum atomic E-state index is 5.85. The van der Waals surface area contributed by atoms with Crippen LogP contribution in [0.2, 0.25) is 0 Å². The molecular weight excluding hydrogens is 350 g/mol. The Labute approximate surface area is 160 Å². The molecule has 2 aliphatic rings. The number of ether oxygens (including phenoxy) is 2. The fraction of sp³-hybridized carbons (Fsp3) is 0.778. The Morgan fingerprint density at radius 1 is 1.50 bits per heavy atom. The van der Waals surface area contributed by atoms with Gasteiger partial charge in [0.1, 0.15) is 0 Å². The highest BCUT2D eigenvalue weighted by Gasteiger charge is 2.18. The molecule has 0 aromatic carbocycles. The third-order valence-electron chi connectivity index (χ3n) is 4.67. The van der Waals surface area contributed by atoms with E-state index in [0.717, 1.165) is 50.7 Å². The van der Waals surface area contributed by atoms with Crippen LogP contribution in [0.15, 0.2) is 10.4 Å². The van der Waals surface area contributed by atoms with Crippen LogP contribution in [-0.2, 0) is 15.9 Å². The number of rotatable bonds is 8. The summed E-state index contributed by atoms with van der Waals surface area (Å²) in [6, 6.07) is 0.197. The third-order valence-corrected chi connectivity index (χ3v) is 5.62. The van der Waals surface area contributed by atoms with Crippen LogP contribution in [0.25, 0.3) is 0 Å². The lowest BCUT2D eigenvalue weighted by Gasteiger charge is -2.19. The van der Waals surface area contributed by atoms with Crippen LogP contribution in [0, 0.1) is 0 Å². The van der Waals surface area contributed by atoms with E-state index in [1.807, 2.05) is 0 Å². The van der Waals surface area contributed by atoms with Crippen LogP contribution >= 0.6 is 11.3 Å². The maximum absolute atomic E-state index is 5.85. The summed E-state index contributed by atoms with van der Waals surface area (Å²) in [6.45, 7) is 7.39. The predicted octanol–water partition coefficient (Wildman–Crippen LogP) is 1.64. The van der Waals surface area contributed by atoms with Crippen molar-refractivity contribution in [3.05, 3.63) is 11.1 Å². The first-order chi connectivity index (χ1) is 12.7. The number of guanidine groups is 1. The molecule has 2 aliphatic heterocycles. The molecule has 1 aromatic rings. The van der Waals surface area contributed by atoms with Gasteiger partial charge in [-0.1, -0.05) is 0 Å². The Morgan fingerprint density at radius 2 is 2.35 bits per heavy atom. The molecule has 2 atom stereocenters. The summed E-state index contributed by atoms with van der Waals surface area (Å²) in [5.74, 6) is 0.804. The van der Waals surface area contributed by atoms with Crippen molar-refractivity contribution in [2.45, 2.75) is 44.8 Å². The number of anilines is 1. The van der Waals surface area contributed by atoms with E-state index < -0.39 is 0 Å². The minimum atomic E-state index is 0.197. The number of nitrogens with zero attached hydrogens (tertiary/aromatic N) is 3. The highest BCUT2D eigenvalue weighted by Crippen LogP contribution is 2.24. The SMILES string of the molecule is CN=C(NCCc1csc(N2CCCC2)n1)NC(C)COC1CCOC1. The number of nitrogens with one attached hydrogen (secondary N) is 2. The quantitative estimate of drug-likeness (QED) is 0.527. The van der Waals surface area contributed by atoms with Crippen molar-refractivity contribution in [2.24, 2.45) is 4.99 Å². The zero-order chi connectivity index (χ0) is 18.2. The minimum Gasteiger partial charge on any atom is -0.379 e. The molecule has 1 aromatic heterocycles. The summed E-state index contributed by atoms with van der Waals surface area (Å²) in [7, 11) is 1.79. The van der Waals surface area contributed by atoms with Gasteiger partial charge < -0.3 is 25.0 Å². The standard InChI is InChI=1S/C18H31N5O2S/c1-14(11-25-16-6-10-24-12-16)21-17(19-2)20-7-5-15-13-26-18(22-15)23-8-3-4-9-23/h13-14,16H,3-12H2,1-2H3,(H2,19,20,21). The summed E-state index contributed by atoms with van der Waals surface area (Å²) < 4.78 is 11.2. The average molecular weight is 382 g/mol. The summed E-state index contributed by atoms with van der Waals surface area (Å²) in [5.41, 5.74) is 1.15. The molecule has 3 rings (SSSR count). The Bertz CT molecular complexity index is 568. The van der Waals surface area contributed by atoms with E-state index in [-0.39, 0.29) is 12.1 Å². The maximum Gasteiger partial charge on any atom is 0.191 e. The molecule has 0 saturated carbocycles. The van der Waals surface area contributed by atoms with Gasteiger partial charge in [-0.05, 0) is 26.2 Å². The second kappa shape index (κ2) is 10.1. The molecule has 0 aliphatic carbocycles. The Hall–Kier alpha value is -1.38. The van der Waals surface area contributed by atoms with Gasteiger partial charge in [0.05, 0.1) is 25.0 Å². The van der Waals surface area contributed by atoms with Crippen molar-refractivity contribution in [2.75, 3.05) is 51.4 Å². The fourth-order valence-electron chi connectivity index (χ4n) is 3.17. The molecule has 0 radical (unpaired) electrons. The van der Waals surface area contributed by atoms with Crippen LogP contribution in [0.1, 0.15) is 31.9 Å². The second-order valence-corrected chi connectivity index (χ2v) is 7.77. The molecule has 2 unspecified atom stereocenters. The van der Waals surface area contributed by atoms with Crippen LogP contribution in [0.5, 0.6) is 0 Å². The van der Waals surface area contributed by atoms with Crippen molar-refractivity contribution >= 4 is 22.4 Å². The summed E-state index contributed by atoms with van der Waals surface area (Å²) >= 11 is 1.76. The van der Waals surface area contributed by atoms with Crippen molar-refractivity contribution in [3.63, 3.8) is 0 Å². The zero-order valence-electron chi connectivity index (χ0n) is 15.9. The van der Waals surface area contributed by atoms with Gasteiger partial charge in [0, 0.05) is 51.1 Å². The van der Waals surface area contributed by atoms with Gasteiger partial charge in [-0.2, -0.15) is 0 Å². The smallest absolute Gasteiger partial charge is 0.191 e. The summed E-state index contributed by atoms with van der Waals surface area (Å²) in [5, 5.41) is 10.1. The fourth-order valence-corrected chi connectivity index (χ4v) is 4.08. The molecule has 7 nitrogen and oxygen atoms in total. The Morgan fingerprint density at radius 3 is 3.08 bits per heavy atom. The molecule has 2 N–H and O–H groups in total. The molecular formula is C18H31N5O2S. The monoisotopic (exact) mass is 381 g/mol. The lowest BCUT2D eigenvalue weighted by Crippen LogP contribution is -2.45. The molecule has 146 valence electrons. The van der Waals surface area contributed by atoms with Crippen LogP contribution in [0.3, 0.4) is 0 Å². The first kappa shape index (κ1) is 19.4. The third kappa shape index (κ3) is 5.82. The first-order valence-corrected chi connectivity index (χ1v) is 10.5. The van der Waals surface area contributed by atoms with E-state index in [0.29, 0.717) is 13.2 Å². The van der Waals surface area contributed by atoms with E-state index >= 15 is 0 Å². The van der Waals surface area contributed by atoms with Gasteiger partial charge in [-0.3, -0.25) is 4.99 Å². The van der Waals surface area contributed by atoms with Gasteiger partial charge >= 0.3 is 0 Å². The molecule has 0 amide bonds. The highest BCUT2D eigenvalue weighted by atomic mass is 32.1. The van der Waals surface area contributed by atoms with Crippen LogP contribution < -0.4 is 15.5 Å². The largest absolute Gasteiger partial charge is 0.379 e. The minimum absolute atomic E-state index is 0.197. The number of hydrogen-bond donors (Lipinski definition) is 2. The van der Waals surface area contributed by atoms with Crippen LogP contribution in [0.4, 0.5) is 5.13 Å². The van der Waals surface area contributed by atoms with Crippen molar-refractivity contribution in [1.82, 2.24) is 15.6 Å². The molecule has 0 bridgehead atoms. The summed E-state index contributed by atoms with van der Waals surface area (Å²) in [6.07, 6.45) is 4.70. The number of aliphatic imine (C=N–C) groups is 1. The molecule has 26 heavy (non-hydrogen) atoms. The molecule has 2 saturated heterocycles. The first-order valence-electron chi connectivity index (χ1n) is 9.60. The van der Waals surface area contributed by atoms with Crippen molar-refractivity contribution in [3.8, 4) is 0 Å². The van der Waals surface area contributed by atoms with Crippen molar-refractivity contribution in [1.29, 1.82) is 0 Å².